The number of allylic oxidation sites excluding steroid dienone is 1. The highest BCUT2D eigenvalue weighted by molar-refractivity contribution is 6.30. The fourth-order valence-electron chi connectivity index (χ4n) is 1.85. The normalized spacial score (nSPS) is 10.9. The molecule has 0 aliphatic rings. The zero-order valence-electron chi connectivity index (χ0n) is 10.9. The molecule has 20 heavy (non-hydrogen) atoms. The first kappa shape index (κ1) is 14.0. The summed E-state index contributed by atoms with van der Waals surface area (Å²) < 4.78 is 0. The summed E-state index contributed by atoms with van der Waals surface area (Å²) in [5.41, 5.74) is 2.32. The number of nitrogens with zero attached hydrogens (tertiary/aromatic N) is 1. The Morgan fingerprint density at radius 3 is 2.60 bits per heavy atom. The molecule has 0 aromatic heterocycles. The van der Waals surface area contributed by atoms with Gasteiger partial charge in [-0.1, -0.05) is 47.5 Å². The first-order chi connectivity index (χ1) is 9.60. The highest BCUT2D eigenvalue weighted by Crippen LogP contribution is 2.16. The Hall–Kier alpha value is -2.37. The van der Waals surface area contributed by atoms with Crippen LogP contribution in [0.3, 0.4) is 0 Å². The van der Waals surface area contributed by atoms with Crippen LogP contribution >= 0.6 is 11.6 Å². The molecule has 0 heterocycles. The molecule has 0 unspecified atom stereocenters. The first-order valence-corrected chi connectivity index (χ1v) is 6.46. The number of Topliss-reactive ketones (excluding diaryl/α,β-unsaturated/α-hetero) is 1. The van der Waals surface area contributed by atoms with Gasteiger partial charge in [0.15, 0.2) is 0 Å². The number of benzene rings is 2. The number of carbonyl (C=O) groups is 1. The molecule has 0 bridgehead atoms. The summed E-state index contributed by atoms with van der Waals surface area (Å²) in [6.07, 6.45) is 1.55. The van der Waals surface area contributed by atoms with Crippen LogP contribution in [0, 0.1) is 18.3 Å². The number of hydrogen-bond acceptors (Lipinski definition) is 2. The van der Waals surface area contributed by atoms with Crippen molar-refractivity contribution in [2.75, 3.05) is 0 Å². The molecule has 2 aromatic carbocycles. The van der Waals surface area contributed by atoms with Crippen molar-refractivity contribution in [1.82, 2.24) is 0 Å². The maximum absolute atomic E-state index is 12.3. The van der Waals surface area contributed by atoms with Crippen molar-refractivity contribution < 1.29 is 4.79 Å². The van der Waals surface area contributed by atoms with Gasteiger partial charge in [0, 0.05) is 10.6 Å². The Balaban J connectivity index is 2.38. The predicted molar refractivity (Wildman–Crippen MR) is 80.6 cm³/mol. The van der Waals surface area contributed by atoms with E-state index in [2.05, 4.69) is 0 Å². The average Bonchev–Trinajstić information content (AvgIpc) is 2.44. The summed E-state index contributed by atoms with van der Waals surface area (Å²) in [5, 5.41) is 9.75. The quantitative estimate of drug-likeness (QED) is 0.474. The Kier molecular flexibility index (Phi) is 4.34. The van der Waals surface area contributed by atoms with E-state index < -0.39 is 0 Å². The van der Waals surface area contributed by atoms with E-state index in [1.54, 1.807) is 48.5 Å². The molecule has 0 fully saturated rings. The van der Waals surface area contributed by atoms with Crippen LogP contribution in [0.1, 0.15) is 21.5 Å². The third kappa shape index (κ3) is 3.34. The molecular weight excluding hydrogens is 270 g/mol. The third-order valence-electron chi connectivity index (χ3n) is 2.81. The van der Waals surface area contributed by atoms with E-state index in [0.29, 0.717) is 10.6 Å². The molecule has 0 aliphatic carbocycles. The highest BCUT2D eigenvalue weighted by Gasteiger charge is 2.12. The number of rotatable bonds is 3. The van der Waals surface area contributed by atoms with Gasteiger partial charge >= 0.3 is 0 Å². The number of nitriles is 1. The molecule has 0 aliphatic heterocycles. The predicted octanol–water partition coefficient (Wildman–Crippen LogP) is 4.44. The zero-order chi connectivity index (χ0) is 14.5. The molecule has 0 radical (unpaired) electrons. The van der Waals surface area contributed by atoms with Gasteiger partial charge < -0.3 is 0 Å². The third-order valence-corrected chi connectivity index (χ3v) is 3.04. The van der Waals surface area contributed by atoms with Gasteiger partial charge in [0.1, 0.15) is 11.6 Å². The van der Waals surface area contributed by atoms with Crippen LogP contribution in [0.25, 0.3) is 6.08 Å². The van der Waals surface area contributed by atoms with Crippen LogP contribution in [0.4, 0.5) is 0 Å². The smallest absolute Gasteiger partial charge is 0.203 e. The minimum Gasteiger partial charge on any atom is -0.288 e. The number of ketones is 1. The van der Waals surface area contributed by atoms with Gasteiger partial charge in [0.05, 0.1) is 0 Å². The lowest BCUT2D eigenvalue weighted by molar-refractivity contribution is 0.104. The van der Waals surface area contributed by atoms with Gasteiger partial charge in [-0.05, 0) is 36.8 Å². The highest BCUT2D eigenvalue weighted by atomic mass is 35.5. The van der Waals surface area contributed by atoms with Crippen molar-refractivity contribution in [3.63, 3.8) is 0 Å². The second kappa shape index (κ2) is 6.18. The van der Waals surface area contributed by atoms with Gasteiger partial charge in [-0.15, -0.1) is 0 Å². The Morgan fingerprint density at radius 2 is 1.95 bits per heavy atom. The summed E-state index contributed by atoms with van der Waals surface area (Å²) in [7, 11) is 0. The van der Waals surface area contributed by atoms with Crippen molar-refractivity contribution >= 4 is 23.5 Å². The van der Waals surface area contributed by atoms with Gasteiger partial charge in [-0.3, -0.25) is 4.79 Å². The summed E-state index contributed by atoms with van der Waals surface area (Å²) in [6, 6.07) is 16.2. The maximum Gasteiger partial charge on any atom is 0.203 e. The summed E-state index contributed by atoms with van der Waals surface area (Å²) in [4.78, 5) is 12.3. The molecule has 0 saturated carbocycles. The lowest BCUT2D eigenvalue weighted by Crippen LogP contribution is -2.02. The first-order valence-electron chi connectivity index (χ1n) is 6.09. The van der Waals surface area contributed by atoms with Gasteiger partial charge in [0.25, 0.3) is 0 Å². The number of aryl methyl sites for hydroxylation is 1. The minimum absolute atomic E-state index is 0.0952. The topological polar surface area (TPSA) is 40.9 Å². The van der Waals surface area contributed by atoms with Gasteiger partial charge in [-0.25, -0.2) is 0 Å². The Bertz CT molecular complexity index is 726. The van der Waals surface area contributed by atoms with E-state index in [0.717, 1.165) is 11.1 Å². The van der Waals surface area contributed by atoms with E-state index in [9.17, 15) is 10.1 Å². The van der Waals surface area contributed by atoms with Crippen molar-refractivity contribution in [1.29, 1.82) is 5.26 Å². The molecule has 2 rings (SSSR count). The second-order valence-electron chi connectivity index (χ2n) is 4.42. The Labute approximate surface area is 122 Å². The largest absolute Gasteiger partial charge is 0.288 e. The Morgan fingerprint density at radius 1 is 1.20 bits per heavy atom. The summed E-state index contributed by atoms with van der Waals surface area (Å²) in [6.45, 7) is 1.91. The number of hydrogen-bond donors (Lipinski definition) is 0. The van der Waals surface area contributed by atoms with Crippen molar-refractivity contribution in [2.45, 2.75) is 6.92 Å². The fourth-order valence-corrected chi connectivity index (χ4v) is 2.05. The summed E-state index contributed by atoms with van der Waals surface area (Å²) in [5.74, 6) is -0.281. The van der Waals surface area contributed by atoms with Crippen LogP contribution in [0.15, 0.2) is 54.1 Å². The average molecular weight is 282 g/mol. The fraction of sp³-hybridized carbons (Fsp3) is 0.0588. The molecule has 0 atom stereocenters. The van der Waals surface area contributed by atoms with Crippen LogP contribution in [-0.2, 0) is 0 Å². The molecule has 0 amide bonds. The van der Waals surface area contributed by atoms with Gasteiger partial charge in [-0.2, -0.15) is 5.26 Å². The van der Waals surface area contributed by atoms with Crippen molar-refractivity contribution in [2.24, 2.45) is 0 Å². The van der Waals surface area contributed by atoms with Crippen molar-refractivity contribution in [3.05, 3.63) is 75.8 Å². The van der Waals surface area contributed by atoms with E-state index in [1.807, 2.05) is 19.1 Å². The maximum atomic E-state index is 12.3. The van der Waals surface area contributed by atoms with Crippen LogP contribution in [-0.4, -0.2) is 5.78 Å². The SMILES string of the molecule is Cc1cccc(C(=O)/C(C#N)=C/c2cccc(Cl)c2)c1. The molecule has 0 saturated heterocycles. The van der Waals surface area contributed by atoms with E-state index >= 15 is 0 Å². The second-order valence-corrected chi connectivity index (χ2v) is 4.86. The standard InChI is InChI=1S/C17H12ClNO/c1-12-4-2-6-14(8-12)17(20)15(11-19)9-13-5-3-7-16(18)10-13/h2-10H,1H3/b15-9+. The molecular formula is C17H12ClNO. The number of carbonyl (C=O) groups excluding carboxylic acids is 1. The monoisotopic (exact) mass is 281 g/mol. The van der Waals surface area contributed by atoms with E-state index in [4.69, 9.17) is 11.6 Å². The van der Waals surface area contributed by atoms with Crippen molar-refractivity contribution in [3.8, 4) is 6.07 Å². The lowest BCUT2D eigenvalue weighted by Gasteiger charge is -2.01. The molecule has 0 N–H and O–H groups in total. The van der Waals surface area contributed by atoms with Crippen LogP contribution in [0.5, 0.6) is 0 Å². The van der Waals surface area contributed by atoms with E-state index in [1.165, 1.54) is 0 Å². The van der Waals surface area contributed by atoms with Crippen LogP contribution in [0.2, 0.25) is 5.02 Å². The molecule has 2 aromatic rings. The van der Waals surface area contributed by atoms with E-state index in [-0.39, 0.29) is 11.4 Å². The lowest BCUT2D eigenvalue weighted by atomic mass is 10.0. The van der Waals surface area contributed by atoms with Gasteiger partial charge in [0.2, 0.25) is 5.78 Å². The summed E-state index contributed by atoms with van der Waals surface area (Å²) >= 11 is 5.89. The minimum atomic E-state index is -0.281. The number of halogens is 1. The molecule has 0 spiro atoms. The molecule has 98 valence electrons. The zero-order valence-corrected chi connectivity index (χ0v) is 11.7. The van der Waals surface area contributed by atoms with Crippen LogP contribution < -0.4 is 0 Å². The molecule has 2 nitrogen and oxygen atoms in total. The molecule has 3 heteroatoms.